The molecule has 0 aliphatic carbocycles. The van der Waals surface area contributed by atoms with Crippen molar-refractivity contribution in [2.75, 3.05) is 6.54 Å². The van der Waals surface area contributed by atoms with E-state index in [1.165, 1.54) is 5.57 Å². The molecule has 1 N–H and O–H groups in total. The van der Waals surface area contributed by atoms with Gasteiger partial charge in [0.05, 0.1) is 6.04 Å². The van der Waals surface area contributed by atoms with E-state index in [1.807, 2.05) is 6.92 Å². The molecule has 0 aromatic carbocycles. The predicted octanol–water partition coefficient (Wildman–Crippen LogP) is 1.73. The van der Waals surface area contributed by atoms with E-state index in [4.69, 9.17) is 10.1 Å². The highest BCUT2D eigenvalue weighted by atomic mass is 16.4. The molecule has 23 heavy (non-hydrogen) atoms. The maximum atomic E-state index is 10.8. The molecule has 8 nitrogen and oxygen atoms in total. The van der Waals surface area contributed by atoms with Crippen molar-refractivity contribution in [3.8, 4) is 0 Å². The van der Waals surface area contributed by atoms with Gasteiger partial charge in [-0.2, -0.15) is 4.68 Å². The summed E-state index contributed by atoms with van der Waals surface area (Å²) in [5.41, 5.74) is 2.22. The van der Waals surface area contributed by atoms with Gasteiger partial charge in [-0.1, -0.05) is 6.92 Å². The summed E-state index contributed by atoms with van der Waals surface area (Å²) in [4.78, 5) is 18.0. The summed E-state index contributed by atoms with van der Waals surface area (Å²) in [5.74, 6) is 1.05. The van der Waals surface area contributed by atoms with E-state index in [0.717, 1.165) is 30.2 Å². The van der Waals surface area contributed by atoms with E-state index in [9.17, 15) is 4.79 Å². The topological polar surface area (TPSA) is 96.5 Å². The van der Waals surface area contributed by atoms with Crippen LogP contribution < -0.4 is 0 Å². The zero-order valence-electron chi connectivity index (χ0n) is 13.7. The van der Waals surface area contributed by atoms with Gasteiger partial charge < -0.3 is 10.0 Å². The van der Waals surface area contributed by atoms with Crippen LogP contribution in [0.5, 0.6) is 0 Å². The molecule has 0 spiro atoms. The van der Waals surface area contributed by atoms with Gasteiger partial charge in [0.25, 0.3) is 0 Å². The highest BCUT2D eigenvalue weighted by Crippen LogP contribution is 2.40. The zero-order chi connectivity index (χ0) is 16.6. The number of hydrogen-bond acceptors (Lipinski definition) is 6. The molecule has 0 fully saturated rings. The Morgan fingerprint density at radius 2 is 2.13 bits per heavy atom. The summed E-state index contributed by atoms with van der Waals surface area (Å²) >= 11 is 0. The lowest BCUT2D eigenvalue weighted by Gasteiger charge is -2.34. The van der Waals surface area contributed by atoms with E-state index in [0.29, 0.717) is 13.0 Å². The molecule has 8 heteroatoms. The van der Waals surface area contributed by atoms with Crippen LogP contribution in [-0.2, 0) is 4.79 Å². The first-order chi connectivity index (χ1) is 11.0. The van der Waals surface area contributed by atoms with Crippen LogP contribution in [0, 0.1) is 0 Å². The predicted molar refractivity (Wildman–Crippen MR) is 84.8 cm³/mol. The quantitative estimate of drug-likeness (QED) is 0.858. The van der Waals surface area contributed by atoms with Gasteiger partial charge in [0.2, 0.25) is 0 Å². The first kappa shape index (κ1) is 15.6. The van der Waals surface area contributed by atoms with Crippen LogP contribution in [0.1, 0.15) is 58.3 Å². The minimum atomic E-state index is -0.759. The molecule has 0 bridgehead atoms. The molecule has 124 valence electrons. The number of aliphatic carboxylic acids is 1. The highest BCUT2D eigenvalue weighted by molar-refractivity contribution is 5.86. The van der Waals surface area contributed by atoms with E-state index in [2.05, 4.69) is 34.3 Å². The van der Waals surface area contributed by atoms with Gasteiger partial charge in [0.15, 0.2) is 5.82 Å². The average molecular weight is 318 g/mol. The van der Waals surface area contributed by atoms with Crippen molar-refractivity contribution in [2.45, 2.75) is 58.5 Å². The van der Waals surface area contributed by atoms with Gasteiger partial charge in [0.1, 0.15) is 11.9 Å². The molecule has 2 aliphatic heterocycles. The zero-order valence-corrected chi connectivity index (χ0v) is 13.7. The summed E-state index contributed by atoms with van der Waals surface area (Å²) in [7, 11) is 0. The summed E-state index contributed by atoms with van der Waals surface area (Å²) in [6.45, 7) is 6.92. The Bertz CT molecular complexity index is 677. The fourth-order valence-corrected chi connectivity index (χ4v) is 3.40. The SMILES string of the molecule is CCCC1=NC2c3nnnn3C(C)=C(C)C2N1CCCC(=O)O. The number of rotatable bonds is 6. The van der Waals surface area contributed by atoms with Crippen molar-refractivity contribution < 1.29 is 9.90 Å². The first-order valence-electron chi connectivity index (χ1n) is 8.05. The maximum absolute atomic E-state index is 10.8. The molecule has 0 saturated heterocycles. The number of aromatic nitrogens is 4. The number of amidine groups is 1. The Kier molecular flexibility index (Phi) is 4.14. The molecule has 3 rings (SSSR count). The summed E-state index contributed by atoms with van der Waals surface area (Å²) < 4.78 is 1.77. The van der Waals surface area contributed by atoms with Crippen molar-refractivity contribution >= 4 is 17.5 Å². The Hall–Kier alpha value is -2.25. The minimum Gasteiger partial charge on any atom is -0.481 e. The van der Waals surface area contributed by atoms with Crippen LogP contribution in [0.25, 0.3) is 5.70 Å². The molecular weight excluding hydrogens is 296 g/mol. The van der Waals surface area contributed by atoms with E-state index in [1.54, 1.807) is 4.68 Å². The van der Waals surface area contributed by atoms with Crippen molar-refractivity contribution in [1.82, 2.24) is 25.1 Å². The smallest absolute Gasteiger partial charge is 0.303 e. The Morgan fingerprint density at radius 3 is 2.83 bits per heavy atom. The van der Waals surface area contributed by atoms with Gasteiger partial charge in [-0.15, -0.1) is 5.10 Å². The number of aliphatic imine (C=N–C) groups is 1. The van der Waals surface area contributed by atoms with Crippen LogP contribution in [-0.4, -0.2) is 54.6 Å². The number of hydrogen-bond donors (Lipinski definition) is 1. The summed E-state index contributed by atoms with van der Waals surface area (Å²) in [6.07, 6.45) is 2.67. The van der Waals surface area contributed by atoms with Crippen molar-refractivity contribution in [1.29, 1.82) is 0 Å². The number of allylic oxidation sites excluding steroid dienone is 1. The molecule has 1 aromatic heterocycles. The monoisotopic (exact) mass is 318 g/mol. The highest BCUT2D eigenvalue weighted by Gasteiger charge is 2.43. The fraction of sp³-hybridized carbons (Fsp3) is 0.667. The Labute approximate surface area is 134 Å². The second-order valence-electron chi connectivity index (χ2n) is 6.09. The standard InChI is InChI=1S/C15H22N6O2/c1-4-6-11-16-13-14(20(11)8-5-7-12(22)23)9(2)10(3)21-15(13)17-18-19-21/h13-14H,4-8H2,1-3H3,(H,22,23). The van der Waals surface area contributed by atoms with Crippen LogP contribution in [0.3, 0.4) is 0 Å². The summed E-state index contributed by atoms with van der Waals surface area (Å²) in [6, 6.07) is 0.00363. The molecule has 0 amide bonds. The first-order valence-corrected chi connectivity index (χ1v) is 8.05. The Morgan fingerprint density at radius 1 is 1.35 bits per heavy atom. The molecule has 0 radical (unpaired) electrons. The maximum Gasteiger partial charge on any atom is 0.303 e. The third-order valence-electron chi connectivity index (χ3n) is 4.61. The number of carboxylic acid groups (broad SMARTS) is 1. The molecule has 3 heterocycles. The molecule has 2 aliphatic rings. The normalized spacial score (nSPS) is 22.9. The van der Waals surface area contributed by atoms with Crippen molar-refractivity contribution in [3.63, 3.8) is 0 Å². The molecule has 1 aromatic rings. The summed E-state index contributed by atoms with van der Waals surface area (Å²) in [5, 5.41) is 20.9. The van der Waals surface area contributed by atoms with Gasteiger partial charge in [-0.3, -0.25) is 9.79 Å². The number of tetrazole rings is 1. The lowest BCUT2D eigenvalue weighted by Crippen LogP contribution is -2.41. The number of carbonyl (C=O) groups is 1. The minimum absolute atomic E-state index is 0.0971. The second kappa shape index (κ2) is 6.10. The van der Waals surface area contributed by atoms with Crippen LogP contribution >= 0.6 is 0 Å². The lowest BCUT2D eigenvalue weighted by atomic mass is 9.95. The second-order valence-corrected chi connectivity index (χ2v) is 6.09. The van der Waals surface area contributed by atoms with E-state index < -0.39 is 5.97 Å². The number of carboxylic acids is 1. The number of nitrogens with zero attached hydrogens (tertiary/aromatic N) is 6. The third kappa shape index (κ3) is 2.62. The van der Waals surface area contributed by atoms with Crippen molar-refractivity contribution in [2.24, 2.45) is 4.99 Å². The lowest BCUT2D eigenvalue weighted by molar-refractivity contribution is -0.137. The van der Waals surface area contributed by atoms with E-state index in [-0.39, 0.29) is 18.5 Å². The Balaban J connectivity index is 1.92. The van der Waals surface area contributed by atoms with E-state index >= 15 is 0 Å². The van der Waals surface area contributed by atoms with Crippen molar-refractivity contribution in [3.05, 3.63) is 11.4 Å². The van der Waals surface area contributed by atoms with Gasteiger partial charge in [-0.25, -0.2) is 0 Å². The average Bonchev–Trinajstić information content (AvgIpc) is 3.10. The van der Waals surface area contributed by atoms with Crippen LogP contribution in [0.4, 0.5) is 0 Å². The molecule has 2 atom stereocenters. The van der Waals surface area contributed by atoms with Gasteiger partial charge in [-0.05, 0) is 42.7 Å². The van der Waals surface area contributed by atoms with Gasteiger partial charge in [0, 0.05) is 25.1 Å². The number of fused-ring (bicyclic) bond motifs is 3. The van der Waals surface area contributed by atoms with Crippen LogP contribution in [0.15, 0.2) is 10.6 Å². The molecular formula is C15H22N6O2. The molecule has 0 saturated carbocycles. The van der Waals surface area contributed by atoms with Crippen LogP contribution in [0.2, 0.25) is 0 Å². The third-order valence-corrected chi connectivity index (χ3v) is 4.61. The largest absolute Gasteiger partial charge is 0.481 e. The fourth-order valence-electron chi connectivity index (χ4n) is 3.40. The molecule has 2 unspecified atom stereocenters. The van der Waals surface area contributed by atoms with Gasteiger partial charge >= 0.3 is 5.97 Å².